The molecule has 0 bridgehead atoms. The summed E-state index contributed by atoms with van der Waals surface area (Å²) in [5, 5.41) is 3.68. The van der Waals surface area contributed by atoms with Crippen LogP contribution < -0.4 is 5.32 Å². The summed E-state index contributed by atoms with van der Waals surface area (Å²) >= 11 is 1.50. The molecule has 1 N–H and O–H groups in total. The first kappa shape index (κ1) is 19.7. The van der Waals surface area contributed by atoms with Crippen LogP contribution in [0.5, 0.6) is 0 Å². The molecular formula is C16H24N2O3S2. The van der Waals surface area contributed by atoms with Crippen molar-refractivity contribution in [1.29, 1.82) is 0 Å². The van der Waals surface area contributed by atoms with Crippen LogP contribution in [0.3, 0.4) is 0 Å². The van der Waals surface area contributed by atoms with Gasteiger partial charge in [0.25, 0.3) is 0 Å². The number of sulfone groups is 1. The first-order valence-electron chi connectivity index (χ1n) is 7.52. The maximum atomic E-state index is 12.4. The number of nitrogens with one attached hydrogen (secondary N) is 1. The molecule has 0 spiro atoms. The molecule has 1 aromatic carbocycles. The molecule has 1 aliphatic rings. The number of rotatable bonds is 3. The number of carbonyl (C=O) groups is 1. The normalized spacial score (nSPS) is 20.3. The van der Waals surface area contributed by atoms with Crippen molar-refractivity contribution < 1.29 is 13.2 Å². The highest BCUT2D eigenvalue weighted by Crippen LogP contribution is 2.27. The van der Waals surface area contributed by atoms with Gasteiger partial charge in [-0.05, 0) is 36.4 Å². The molecule has 23 heavy (non-hydrogen) atoms. The molecule has 1 aromatic rings. The average Bonchev–Trinajstić information content (AvgIpc) is 2.90. The van der Waals surface area contributed by atoms with Crippen LogP contribution in [-0.4, -0.2) is 38.4 Å². The van der Waals surface area contributed by atoms with Crippen LogP contribution >= 0.6 is 11.8 Å². The van der Waals surface area contributed by atoms with Gasteiger partial charge in [0.05, 0.1) is 15.9 Å². The summed E-state index contributed by atoms with van der Waals surface area (Å²) in [4.78, 5) is 17.0. The van der Waals surface area contributed by atoms with E-state index in [1.54, 1.807) is 12.1 Å². The Morgan fingerprint density at radius 3 is 2.30 bits per heavy atom. The summed E-state index contributed by atoms with van der Waals surface area (Å²) < 4.78 is 22.8. The minimum Gasteiger partial charge on any atom is -0.325 e. The summed E-state index contributed by atoms with van der Waals surface area (Å²) in [5.74, 6) is -0.141. The molecule has 0 radical (unpaired) electrons. The van der Waals surface area contributed by atoms with Gasteiger partial charge in [-0.15, -0.1) is 11.8 Å². The van der Waals surface area contributed by atoms with Crippen LogP contribution in [0.4, 0.5) is 5.69 Å². The number of hydrogen-bond acceptors (Lipinski definition) is 5. The molecule has 2 rings (SSSR count). The second-order valence-electron chi connectivity index (χ2n) is 5.12. The lowest BCUT2D eigenvalue weighted by atomic mass is 9.97. The molecule has 1 amide bonds. The Hall–Kier alpha value is -1.34. The number of amides is 1. The van der Waals surface area contributed by atoms with E-state index in [1.165, 1.54) is 23.9 Å². The molecule has 0 saturated heterocycles. The van der Waals surface area contributed by atoms with E-state index < -0.39 is 9.84 Å². The SMILES string of the molecule is CC.CSC1=NCC(C)C1C(=O)Nc1ccc(S(C)(=O)=O)cc1. The minimum atomic E-state index is -3.22. The van der Waals surface area contributed by atoms with Crippen LogP contribution in [0.15, 0.2) is 34.2 Å². The van der Waals surface area contributed by atoms with E-state index in [1.807, 2.05) is 27.0 Å². The molecule has 0 aliphatic carbocycles. The fourth-order valence-corrected chi connectivity index (χ4v) is 3.68. The third kappa shape index (κ3) is 5.07. The van der Waals surface area contributed by atoms with Crippen LogP contribution in [0.1, 0.15) is 20.8 Å². The summed E-state index contributed by atoms with van der Waals surface area (Å²) in [6.45, 7) is 6.67. The Morgan fingerprint density at radius 1 is 1.26 bits per heavy atom. The van der Waals surface area contributed by atoms with Gasteiger partial charge in [0.1, 0.15) is 0 Å². The molecule has 128 valence electrons. The van der Waals surface area contributed by atoms with E-state index in [0.717, 1.165) is 11.3 Å². The number of aliphatic imine (C=N–C) groups is 1. The highest BCUT2D eigenvalue weighted by Gasteiger charge is 2.34. The van der Waals surface area contributed by atoms with E-state index in [2.05, 4.69) is 10.3 Å². The topological polar surface area (TPSA) is 75.6 Å². The van der Waals surface area contributed by atoms with Crippen molar-refractivity contribution in [1.82, 2.24) is 0 Å². The Morgan fingerprint density at radius 2 is 1.83 bits per heavy atom. The maximum Gasteiger partial charge on any atom is 0.234 e. The molecule has 1 heterocycles. The van der Waals surface area contributed by atoms with Gasteiger partial charge in [0.15, 0.2) is 9.84 Å². The Balaban J connectivity index is 0.00000127. The lowest BCUT2D eigenvalue weighted by Crippen LogP contribution is -2.30. The molecule has 0 fully saturated rings. The van der Waals surface area contributed by atoms with Crippen LogP contribution in [-0.2, 0) is 14.6 Å². The Labute approximate surface area is 142 Å². The zero-order valence-corrected chi connectivity index (χ0v) is 15.8. The van der Waals surface area contributed by atoms with Gasteiger partial charge >= 0.3 is 0 Å². The average molecular weight is 357 g/mol. The number of nitrogens with zero attached hydrogens (tertiary/aromatic N) is 1. The van der Waals surface area contributed by atoms with Crippen molar-refractivity contribution in [3.05, 3.63) is 24.3 Å². The number of hydrogen-bond donors (Lipinski definition) is 1. The van der Waals surface area contributed by atoms with Crippen molar-refractivity contribution in [2.24, 2.45) is 16.8 Å². The predicted molar refractivity (Wildman–Crippen MR) is 98.0 cm³/mol. The van der Waals surface area contributed by atoms with Crippen molar-refractivity contribution in [2.75, 3.05) is 24.4 Å². The van der Waals surface area contributed by atoms with Gasteiger partial charge in [0.2, 0.25) is 5.91 Å². The molecule has 5 nitrogen and oxygen atoms in total. The van der Waals surface area contributed by atoms with Crippen LogP contribution in [0, 0.1) is 11.8 Å². The van der Waals surface area contributed by atoms with Gasteiger partial charge in [-0.1, -0.05) is 20.8 Å². The third-order valence-corrected chi connectivity index (χ3v) is 5.34. The molecule has 1 aliphatic heterocycles. The highest BCUT2D eigenvalue weighted by molar-refractivity contribution is 8.13. The highest BCUT2D eigenvalue weighted by atomic mass is 32.2. The Bertz CT molecular complexity index is 667. The van der Waals surface area contributed by atoms with Gasteiger partial charge in [-0.3, -0.25) is 9.79 Å². The second kappa shape index (κ2) is 8.49. The first-order valence-corrected chi connectivity index (χ1v) is 10.6. The second-order valence-corrected chi connectivity index (χ2v) is 7.97. The van der Waals surface area contributed by atoms with Gasteiger partial charge in [-0.25, -0.2) is 8.42 Å². The fraction of sp³-hybridized carbons (Fsp3) is 0.500. The summed E-state index contributed by atoms with van der Waals surface area (Å²) in [6.07, 6.45) is 3.07. The predicted octanol–water partition coefficient (Wildman–Crippen LogP) is 3.08. The number of benzene rings is 1. The zero-order chi connectivity index (χ0) is 17.6. The van der Waals surface area contributed by atoms with E-state index in [9.17, 15) is 13.2 Å². The van der Waals surface area contributed by atoms with E-state index in [0.29, 0.717) is 12.2 Å². The molecule has 7 heteroatoms. The van der Waals surface area contributed by atoms with Crippen molar-refractivity contribution in [3.8, 4) is 0 Å². The zero-order valence-electron chi connectivity index (χ0n) is 14.2. The van der Waals surface area contributed by atoms with E-state index >= 15 is 0 Å². The van der Waals surface area contributed by atoms with Crippen molar-refractivity contribution in [3.63, 3.8) is 0 Å². The largest absolute Gasteiger partial charge is 0.325 e. The van der Waals surface area contributed by atoms with Gasteiger partial charge in [-0.2, -0.15) is 0 Å². The molecule has 2 atom stereocenters. The molecule has 2 unspecified atom stereocenters. The maximum absolute atomic E-state index is 12.4. The van der Waals surface area contributed by atoms with Crippen LogP contribution in [0.25, 0.3) is 0 Å². The summed E-state index contributed by atoms with van der Waals surface area (Å²) in [6, 6.07) is 6.19. The first-order chi connectivity index (χ1) is 10.8. The number of thioether (sulfide) groups is 1. The van der Waals surface area contributed by atoms with Crippen molar-refractivity contribution >= 4 is 38.2 Å². The molecular weight excluding hydrogens is 332 g/mol. The fourth-order valence-electron chi connectivity index (χ4n) is 2.25. The minimum absolute atomic E-state index is 0.0970. The number of carbonyl (C=O) groups excluding carboxylic acids is 1. The van der Waals surface area contributed by atoms with E-state index in [-0.39, 0.29) is 22.6 Å². The quantitative estimate of drug-likeness (QED) is 0.903. The van der Waals surface area contributed by atoms with Gasteiger partial charge in [0, 0.05) is 18.5 Å². The smallest absolute Gasteiger partial charge is 0.234 e. The summed E-state index contributed by atoms with van der Waals surface area (Å²) in [5.41, 5.74) is 0.590. The van der Waals surface area contributed by atoms with Crippen LogP contribution in [0.2, 0.25) is 0 Å². The number of anilines is 1. The van der Waals surface area contributed by atoms with E-state index in [4.69, 9.17) is 0 Å². The lowest BCUT2D eigenvalue weighted by molar-refractivity contribution is -0.118. The monoisotopic (exact) mass is 356 g/mol. The Kier molecular flexibility index (Phi) is 7.28. The molecule has 0 aromatic heterocycles. The molecule has 0 saturated carbocycles. The standard InChI is InChI=1S/C14H18N2O3S2.C2H6/c1-9-8-15-14(20-2)12(9)13(17)16-10-4-6-11(7-5-10)21(3,18)19;1-2/h4-7,9,12H,8H2,1-3H3,(H,16,17);1-2H3. The van der Waals surface area contributed by atoms with Gasteiger partial charge < -0.3 is 5.32 Å². The van der Waals surface area contributed by atoms with Crippen molar-refractivity contribution in [2.45, 2.75) is 25.7 Å². The third-order valence-electron chi connectivity index (χ3n) is 3.41. The summed E-state index contributed by atoms with van der Waals surface area (Å²) in [7, 11) is -3.22. The lowest BCUT2D eigenvalue weighted by Gasteiger charge is -2.16.